The number of carbonyl (C=O) groups is 1. The van der Waals surface area contributed by atoms with E-state index in [1.807, 2.05) is 19.1 Å². The molecule has 0 bridgehead atoms. The number of hydrogen-bond donors (Lipinski definition) is 1. The summed E-state index contributed by atoms with van der Waals surface area (Å²) >= 11 is 3.52. The van der Waals surface area contributed by atoms with Crippen LogP contribution in [0.4, 0.5) is 8.78 Å². The maximum Gasteiger partial charge on any atom is 0.255 e. The van der Waals surface area contributed by atoms with Crippen molar-refractivity contribution in [1.82, 2.24) is 15.1 Å². The van der Waals surface area contributed by atoms with Crippen LogP contribution in [0.3, 0.4) is 0 Å². The Labute approximate surface area is 186 Å². The van der Waals surface area contributed by atoms with E-state index in [1.54, 1.807) is 13.8 Å². The zero-order chi connectivity index (χ0) is 22.3. The van der Waals surface area contributed by atoms with Gasteiger partial charge in [0.1, 0.15) is 24.7 Å². The molecule has 0 saturated carbocycles. The first-order valence-electron chi connectivity index (χ1n) is 9.67. The van der Waals surface area contributed by atoms with E-state index >= 15 is 0 Å². The second kappa shape index (κ2) is 8.30. The Hall–Kier alpha value is -2.94. The lowest BCUT2D eigenvalue weighted by Gasteiger charge is -2.22. The molecular weight excluding hydrogens is 472 g/mol. The summed E-state index contributed by atoms with van der Waals surface area (Å²) in [5.41, 5.74) is 2.12. The fraction of sp³-hybridized carbons (Fsp3) is 0.273. The predicted octanol–water partition coefficient (Wildman–Crippen LogP) is 4.79. The Morgan fingerprint density at radius 3 is 2.52 bits per heavy atom. The van der Waals surface area contributed by atoms with Crippen LogP contribution in [0.5, 0.6) is 11.5 Å². The smallest absolute Gasteiger partial charge is 0.255 e. The molecule has 1 amide bonds. The Morgan fingerprint density at radius 2 is 1.84 bits per heavy atom. The van der Waals surface area contributed by atoms with Crippen LogP contribution >= 0.6 is 15.9 Å². The van der Waals surface area contributed by atoms with Crippen LogP contribution in [0.15, 0.2) is 34.8 Å². The molecule has 6 nitrogen and oxygen atoms in total. The topological polar surface area (TPSA) is 65.4 Å². The number of nitrogens with zero attached hydrogens (tertiary/aromatic N) is 2. The number of hydrogen-bond acceptors (Lipinski definition) is 4. The van der Waals surface area contributed by atoms with Crippen LogP contribution in [0, 0.1) is 25.5 Å². The van der Waals surface area contributed by atoms with Crippen molar-refractivity contribution in [2.24, 2.45) is 0 Å². The Morgan fingerprint density at radius 1 is 1.16 bits per heavy atom. The third kappa shape index (κ3) is 4.01. The Balaban J connectivity index is 1.61. The highest BCUT2D eigenvalue weighted by Gasteiger charge is 2.24. The molecule has 0 saturated heterocycles. The Kier molecular flexibility index (Phi) is 5.70. The fourth-order valence-electron chi connectivity index (χ4n) is 3.62. The van der Waals surface area contributed by atoms with Gasteiger partial charge in [0.05, 0.1) is 23.0 Å². The average Bonchev–Trinajstić information content (AvgIpc) is 3.01. The molecule has 4 rings (SSSR count). The summed E-state index contributed by atoms with van der Waals surface area (Å²) < 4.78 is 40.8. The third-order valence-electron chi connectivity index (χ3n) is 5.13. The van der Waals surface area contributed by atoms with Gasteiger partial charge in [-0.25, -0.2) is 13.5 Å². The molecule has 1 N–H and O–H groups in total. The van der Waals surface area contributed by atoms with Gasteiger partial charge in [-0.05, 0) is 50.6 Å². The molecule has 1 aliphatic rings. The summed E-state index contributed by atoms with van der Waals surface area (Å²) in [6.45, 7) is 6.14. The minimum Gasteiger partial charge on any atom is -0.486 e. The van der Waals surface area contributed by atoms with Gasteiger partial charge in [0.15, 0.2) is 17.3 Å². The van der Waals surface area contributed by atoms with Gasteiger partial charge >= 0.3 is 0 Å². The van der Waals surface area contributed by atoms with Crippen molar-refractivity contribution in [3.8, 4) is 17.2 Å². The minimum absolute atomic E-state index is 0.0729. The summed E-state index contributed by atoms with van der Waals surface area (Å²) in [5.74, 6) is -0.518. The maximum atomic E-state index is 14.2. The van der Waals surface area contributed by atoms with E-state index < -0.39 is 11.6 Å². The van der Waals surface area contributed by atoms with E-state index in [4.69, 9.17) is 9.47 Å². The Bertz CT molecular complexity index is 1180. The van der Waals surface area contributed by atoms with Crippen LogP contribution in [-0.2, 0) is 0 Å². The molecule has 0 spiro atoms. The molecule has 1 unspecified atom stereocenters. The summed E-state index contributed by atoms with van der Waals surface area (Å²) in [4.78, 5) is 13.1. The van der Waals surface area contributed by atoms with Gasteiger partial charge in [-0.15, -0.1) is 0 Å². The van der Waals surface area contributed by atoms with Gasteiger partial charge in [0.25, 0.3) is 5.91 Å². The number of ether oxygens (including phenoxy) is 2. The number of benzene rings is 2. The molecule has 0 aliphatic carbocycles. The molecule has 9 heteroatoms. The van der Waals surface area contributed by atoms with E-state index in [0.717, 1.165) is 22.2 Å². The molecular formula is C22H20BrF2N3O3. The molecule has 0 radical (unpaired) electrons. The predicted molar refractivity (Wildman–Crippen MR) is 114 cm³/mol. The van der Waals surface area contributed by atoms with Crippen molar-refractivity contribution in [3.63, 3.8) is 0 Å². The van der Waals surface area contributed by atoms with Gasteiger partial charge in [-0.3, -0.25) is 4.79 Å². The first kappa shape index (κ1) is 21.3. The highest BCUT2D eigenvalue weighted by molar-refractivity contribution is 9.10. The largest absolute Gasteiger partial charge is 0.486 e. The number of amides is 1. The van der Waals surface area contributed by atoms with E-state index in [1.165, 1.54) is 10.7 Å². The van der Waals surface area contributed by atoms with E-state index in [-0.39, 0.29) is 17.6 Å². The molecule has 1 atom stereocenters. The zero-order valence-corrected chi connectivity index (χ0v) is 18.7. The first-order chi connectivity index (χ1) is 14.8. The summed E-state index contributed by atoms with van der Waals surface area (Å²) in [5, 5.41) is 7.25. The molecule has 162 valence electrons. The minimum atomic E-state index is -0.758. The van der Waals surface area contributed by atoms with Crippen molar-refractivity contribution >= 4 is 21.8 Å². The monoisotopic (exact) mass is 491 g/mol. The lowest BCUT2D eigenvalue weighted by atomic mass is 10.1. The van der Waals surface area contributed by atoms with Crippen molar-refractivity contribution in [2.45, 2.75) is 26.8 Å². The van der Waals surface area contributed by atoms with E-state index in [9.17, 15) is 13.6 Å². The molecule has 1 aliphatic heterocycles. The summed E-state index contributed by atoms with van der Waals surface area (Å²) in [6.07, 6.45) is 0. The lowest BCUT2D eigenvalue weighted by Crippen LogP contribution is -2.28. The van der Waals surface area contributed by atoms with Crippen molar-refractivity contribution < 1.29 is 23.0 Å². The summed E-state index contributed by atoms with van der Waals surface area (Å²) in [7, 11) is 0. The van der Waals surface area contributed by atoms with Crippen LogP contribution in [0.25, 0.3) is 5.69 Å². The number of carbonyl (C=O) groups excluding carboxylic acids is 1. The van der Waals surface area contributed by atoms with Crippen LogP contribution in [-0.4, -0.2) is 28.9 Å². The molecule has 0 fully saturated rings. The van der Waals surface area contributed by atoms with E-state index in [2.05, 4.69) is 26.3 Å². The molecule has 2 aromatic carbocycles. The standard InChI is InChI=1S/C22H20BrF2N3O3/c1-11(15-9-19-20(10-16(15)23)31-7-6-30-19)26-22(29)21-12(2)27-28(13(21)3)18-5-4-14(24)8-17(18)25/h4-5,8-11H,6-7H2,1-3H3,(H,26,29). The van der Waals surface area contributed by atoms with E-state index in [0.29, 0.717) is 41.7 Å². The third-order valence-corrected chi connectivity index (χ3v) is 5.82. The van der Waals surface area contributed by atoms with Crippen LogP contribution < -0.4 is 14.8 Å². The number of nitrogens with one attached hydrogen (secondary N) is 1. The number of fused-ring (bicyclic) bond motifs is 1. The number of aryl methyl sites for hydroxylation is 1. The van der Waals surface area contributed by atoms with Gasteiger partial charge in [0.2, 0.25) is 0 Å². The number of aromatic nitrogens is 2. The molecule has 3 aromatic rings. The summed E-state index contributed by atoms with van der Waals surface area (Å²) in [6, 6.07) is 6.52. The van der Waals surface area contributed by atoms with Crippen LogP contribution in [0.2, 0.25) is 0 Å². The van der Waals surface area contributed by atoms with Gasteiger partial charge < -0.3 is 14.8 Å². The average molecular weight is 492 g/mol. The molecule has 31 heavy (non-hydrogen) atoms. The van der Waals surface area contributed by atoms with Crippen LogP contribution in [0.1, 0.15) is 40.3 Å². The van der Waals surface area contributed by atoms with Crippen molar-refractivity contribution in [3.05, 3.63) is 69.0 Å². The fourth-order valence-corrected chi connectivity index (χ4v) is 4.28. The second-order valence-corrected chi connectivity index (χ2v) is 8.12. The quantitative estimate of drug-likeness (QED) is 0.569. The second-order valence-electron chi connectivity index (χ2n) is 7.27. The molecule has 2 heterocycles. The van der Waals surface area contributed by atoms with Crippen molar-refractivity contribution in [1.29, 1.82) is 0 Å². The lowest BCUT2D eigenvalue weighted by molar-refractivity contribution is 0.0938. The normalized spacial score (nSPS) is 13.7. The SMILES string of the molecule is Cc1nn(-c2ccc(F)cc2F)c(C)c1C(=O)NC(C)c1cc2c(cc1Br)OCCO2. The maximum absolute atomic E-state index is 14.2. The highest BCUT2D eigenvalue weighted by Crippen LogP contribution is 2.38. The van der Waals surface area contributed by atoms with Gasteiger partial charge in [-0.2, -0.15) is 5.10 Å². The van der Waals surface area contributed by atoms with Gasteiger partial charge in [-0.1, -0.05) is 15.9 Å². The number of rotatable bonds is 4. The van der Waals surface area contributed by atoms with Gasteiger partial charge in [0, 0.05) is 10.5 Å². The number of halogens is 3. The molecule has 1 aromatic heterocycles. The first-order valence-corrected chi connectivity index (χ1v) is 10.5. The zero-order valence-electron chi connectivity index (χ0n) is 17.1. The highest BCUT2D eigenvalue weighted by atomic mass is 79.9. The van der Waals surface area contributed by atoms with Crippen molar-refractivity contribution in [2.75, 3.05) is 13.2 Å².